The number of aromatic nitrogens is 1. The highest BCUT2D eigenvalue weighted by Gasteiger charge is 2.15. The summed E-state index contributed by atoms with van der Waals surface area (Å²) in [7, 11) is 0. The van der Waals surface area contributed by atoms with Gasteiger partial charge in [-0.1, -0.05) is 0 Å². The molecule has 0 bridgehead atoms. The minimum atomic E-state index is -0.151. The number of nitrogens with one attached hydrogen (secondary N) is 1. The molecule has 0 radical (unpaired) electrons. The Kier molecular flexibility index (Phi) is 3.78. The zero-order chi connectivity index (χ0) is 12.3. The molecule has 17 heavy (non-hydrogen) atoms. The van der Waals surface area contributed by atoms with Crippen LogP contribution in [-0.4, -0.2) is 10.9 Å². The summed E-state index contributed by atoms with van der Waals surface area (Å²) in [6, 6.07) is 5.18. The summed E-state index contributed by atoms with van der Waals surface area (Å²) in [6.45, 7) is 1.88. The number of carbonyl (C=O) groups excluding carboxylic acids is 1. The maximum Gasteiger partial charge on any atom is 0.253 e. The lowest BCUT2D eigenvalue weighted by molar-refractivity contribution is 0.0934. The number of furan rings is 1. The van der Waals surface area contributed by atoms with Crippen molar-refractivity contribution in [2.75, 3.05) is 0 Å². The first-order valence-corrected chi connectivity index (χ1v) is 6.20. The zero-order valence-corrected chi connectivity index (χ0v) is 11.3. The Balaban J connectivity index is 2.10. The van der Waals surface area contributed by atoms with Crippen molar-refractivity contribution in [2.45, 2.75) is 13.0 Å². The standard InChI is InChI=1S/C12H11IN2O2/c1-8(11-3-2-6-17-11)15-12(16)9-4-5-14-7-10(9)13/h2-8H,1H3,(H,15,16)/t8-/m0/s1. The second-order valence-corrected chi connectivity index (χ2v) is 4.73. The van der Waals surface area contributed by atoms with E-state index in [1.807, 2.05) is 13.0 Å². The molecule has 88 valence electrons. The molecule has 0 saturated heterocycles. The molecule has 0 spiro atoms. The van der Waals surface area contributed by atoms with E-state index in [9.17, 15) is 4.79 Å². The molecule has 2 heterocycles. The van der Waals surface area contributed by atoms with Crippen LogP contribution in [0.4, 0.5) is 0 Å². The van der Waals surface area contributed by atoms with Gasteiger partial charge in [-0.2, -0.15) is 0 Å². The summed E-state index contributed by atoms with van der Waals surface area (Å²) in [5.41, 5.74) is 0.624. The Bertz CT molecular complexity index is 511. The van der Waals surface area contributed by atoms with Gasteiger partial charge in [0.1, 0.15) is 5.76 Å². The third kappa shape index (κ3) is 2.85. The molecule has 0 aliphatic rings. The molecule has 0 aromatic carbocycles. The molecular formula is C12H11IN2O2. The zero-order valence-electron chi connectivity index (χ0n) is 9.18. The predicted molar refractivity (Wildman–Crippen MR) is 71.5 cm³/mol. The number of nitrogens with zero attached hydrogens (tertiary/aromatic N) is 1. The highest BCUT2D eigenvalue weighted by Crippen LogP contribution is 2.15. The highest BCUT2D eigenvalue weighted by molar-refractivity contribution is 14.1. The van der Waals surface area contributed by atoms with Crippen molar-refractivity contribution in [3.05, 3.63) is 51.7 Å². The maximum atomic E-state index is 12.0. The summed E-state index contributed by atoms with van der Waals surface area (Å²) >= 11 is 2.09. The van der Waals surface area contributed by atoms with Crippen LogP contribution in [0.3, 0.4) is 0 Å². The number of hydrogen-bond acceptors (Lipinski definition) is 3. The average molecular weight is 342 g/mol. The van der Waals surface area contributed by atoms with Crippen molar-refractivity contribution >= 4 is 28.5 Å². The normalized spacial score (nSPS) is 12.1. The van der Waals surface area contributed by atoms with Gasteiger partial charge in [-0.05, 0) is 47.7 Å². The number of halogens is 1. The molecule has 1 atom stereocenters. The van der Waals surface area contributed by atoms with Crippen LogP contribution in [0, 0.1) is 3.57 Å². The molecule has 4 nitrogen and oxygen atoms in total. The summed E-state index contributed by atoms with van der Waals surface area (Å²) in [4.78, 5) is 15.9. The third-order valence-corrected chi connectivity index (χ3v) is 3.19. The number of carbonyl (C=O) groups is 1. The molecule has 2 aromatic rings. The van der Waals surface area contributed by atoms with Crippen LogP contribution in [0.15, 0.2) is 41.3 Å². The quantitative estimate of drug-likeness (QED) is 0.873. The lowest BCUT2D eigenvalue weighted by Gasteiger charge is -2.11. The van der Waals surface area contributed by atoms with E-state index in [1.165, 1.54) is 0 Å². The van der Waals surface area contributed by atoms with Crippen LogP contribution in [0.1, 0.15) is 29.1 Å². The molecule has 0 aliphatic heterocycles. The summed E-state index contributed by atoms with van der Waals surface area (Å²) in [6.07, 6.45) is 4.86. The SMILES string of the molecule is C[C@H](NC(=O)c1ccncc1I)c1ccco1. The van der Waals surface area contributed by atoms with Crippen molar-refractivity contribution in [1.82, 2.24) is 10.3 Å². The van der Waals surface area contributed by atoms with Crippen molar-refractivity contribution in [1.29, 1.82) is 0 Å². The Morgan fingerprint density at radius 3 is 3.00 bits per heavy atom. The van der Waals surface area contributed by atoms with E-state index in [2.05, 4.69) is 32.9 Å². The van der Waals surface area contributed by atoms with Crippen molar-refractivity contribution < 1.29 is 9.21 Å². The molecule has 0 aliphatic carbocycles. The highest BCUT2D eigenvalue weighted by atomic mass is 127. The summed E-state index contributed by atoms with van der Waals surface area (Å²) in [5.74, 6) is 0.614. The van der Waals surface area contributed by atoms with Gasteiger partial charge in [-0.15, -0.1) is 0 Å². The van der Waals surface area contributed by atoms with Crippen molar-refractivity contribution in [3.8, 4) is 0 Å². The molecule has 0 unspecified atom stereocenters. The summed E-state index contributed by atoms with van der Waals surface area (Å²) in [5, 5.41) is 2.87. The average Bonchev–Trinajstić information content (AvgIpc) is 2.82. The van der Waals surface area contributed by atoms with Gasteiger partial charge in [0.15, 0.2) is 0 Å². The van der Waals surface area contributed by atoms with Gasteiger partial charge in [-0.25, -0.2) is 0 Å². The first-order chi connectivity index (χ1) is 8.18. The molecule has 2 aromatic heterocycles. The van der Waals surface area contributed by atoms with Crippen LogP contribution in [0.5, 0.6) is 0 Å². The van der Waals surface area contributed by atoms with Gasteiger partial charge >= 0.3 is 0 Å². The van der Waals surface area contributed by atoms with Gasteiger partial charge in [0, 0.05) is 16.0 Å². The fraction of sp³-hybridized carbons (Fsp3) is 0.167. The van der Waals surface area contributed by atoms with Crippen molar-refractivity contribution in [3.63, 3.8) is 0 Å². The second kappa shape index (κ2) is 5.31. The molecule has 1 N–H and O–H groups in total. The Labute approximate surface area is 113 Å². The van der Waals surface area contributed by atoms with Crippen LogP contribution in [0.25, 0.3) is 0 Å². The largest absolute Gasteiger partial charge is 0.467 e. The predicted octanol–water partition coefficient (Wildman–Crippen LogP) is 2.77. The molecule has 0 fully saturated rings. The minimum Gasteiger partial charge on any atom is -0.467 e. The van der Waals surface area contributed by atoms with Crippen LogP contribution in [-0.2, 0) is 0 Å². The topological polar surface area (TPSA) is 55.1 Å². The second-order valence-electron chi connectivity index (χ2n) is 3.57. The van der Waals surface area contributed by atoms with Crippen LogP contribution < -0.4 is 5.32 Å². The number of hydrogen-bond donors (Lipinski definition) is 1. The number of pyridine rings is 1. The van der Waals surface area contributed by atoms with E-state index < -0.39 is 0 Å². The Hall–Kier alpha value is -1.37. The molecule has 0 saturated carbocycles. The molecule has 2 rings (SSSR count). The van der Waals surface area contributed by atoms with Crippen LogP contribution in [0.2, 0.25) is 0 Å². The lowest BCUT2D eigenvalue weighted by Crippen LogP contribution is -2.27. The fourth-order valence-electron chi connectivity index (χ4n) is 1.44. The van der Waals surface area contributed by atoms with E-state index in [0.29, 0.717) is 5.56 Å². The summed E-state index contributed by atoms with van der Waals surface area (Å²) < 4.78 is 6.06. The van der Waals surface area contributed by atoms with E-state index in [-0.39, 0.29) is 11.9 Å². The van der Waals surface area contributed by atoms with Gasteiger partial charge in [0.25, 0.3) is 5.91 Å². The van der Waals surface area contributed by atoms with E-state index in [4.69, 9.17) is 4.42 Å². The lowest BCUT2D eigenvalue weighted by atomic mass is 10.2. The minimum absolute atomic E-state index is 0.124. The van der Waals surface area contributed by atoms with E-state index >= 15 is 0 Å². The molecule has 5 heteroatoms. The smallest absolute Gasteiger partial charge is 0.253 e. The monoisotopic (exact) mass is 342 g/mol. The van der Waals surface area contributed by atoms with E-state index in [0.717, 1.165) is 9.33 Å². The van der Waals surface area contributed by atoms with Gasteiger partial charge in [0.05, 0.1) is 17.9 Å². The van der Waals surface area contributed by atoms with Gasteiger partial charge < -0.3 is 9.73 Å². The van der Waals surface area contributed by atoms with E-state index in [1.54, 1.807) is 30.8 Å². The first-order valence-electron chi connectivity index (χ1n) is 5.12. The fourth-order valence-corrected chi connectivity index (χ4v) is 2.03. The van der Waals surface area contributed by atoms with Crippen LogP contribution >= 0.6 is 22.6 Å². The Morgan fingerprint density at radius 2 is 2.35 bits per heavy atom. The van der Waals surface area contributed by atoms with Crippen molar-refractivity contribution in [2.24, 2.45) is 0 Å². The maximum absolute atomic E-state index is 12.0. The molecular weight excluding hydrogens is 331 g/mol. The molecule has 1 amide bonds. The Morgan fingerprint density at radius 1 is 1.53 bits per heavy atom. The van der Waals surface area contributed by atoms with Gasteiger partial charge in [-0.3, -0.25) is 9.78 Å². The third-order valence-electron chi connectivity index (χ3n) is 2.33. The number of amides is 1. The number of rotatable bonds is 3. The van der Waals surface area contributed by atoms with Gasteiger partial charge in [0.2, 0.25) is 0 Å². The first kappa shape index (κ1) is 12.1.